The lowest BCUT2D eigenvalue weighted by atomic mass is 9.65. The maximum absolute atomic E-state index is 13.3. The summed E-state index contributed by atoms with van der Waals surface area (Å²) in [6.45, 7) is 8.51. The molecular formula is C23H27ClO7. The highest BCUT2D eigenvalue weighted by Crippen LogP contribution is 2.60. The molecule has 4 rings (SSSR count). The SMILES string of the molecule is C[C@H](/C=C\C1=CC2=C(Cl)C(=O)[C@@]3(C)O[C@]4(O)[C@H](C)[C@@H](C)OC(=O)[C@@H]4[C@H]3C2=CO1)[C@@H](C)O. The largest absolute Gasteiger partial charge is 0.465 e. The number of halogens is 1. The number of Topliss-reactive ketones (excluding diaryl/α,β-unsaturated/α-hetero) is 1. The minimum Gasteiger partial charge on any atom is -0.465 e. The van der Waals surface area contributed by atoms with Gasteiger partial charge in [0.1, 0.15) is 23.4 Å². The molecule has 2 saturated heterocycles. The number of esters is 1. The van der Waals surface area contributed by atoms with Crippen LogP contribution in [0.4, 0.5) is 0 Å². The third kappa shape index (κ3) is 3.13. The summed E-state index contributed by atoms with van der Waals surface area (Å²) in [4.78, 5) is 26.2. The first kappa shape index (κ1) is 22.3. The summed E-state index contributed by atoms with van der Waals surface area (Å²) in [5, 5.41) is 21.0. The highest BCUT2D eigenvalue weighted by atomic mass is 35.5. The summed E-state index contributed by atoms with van der Waals surface area (Å²) < 4.78 is 17.2. The predicted molar refractivity (Wildman–Crippen MR) is 111 cm³/mol. The van der Waals surface area contributed by atoms with Crippen LogP contribution in [0.15, 0.2) is 46.4 Å². The summed E-state index contributed by atoms with van der Waals surface area (Å²) in [5.74, 6) is -5.11. The van der Waals surface area contributed by atoms with E-state index in [1.807, 2.05) is 6.92 Å². The van der Waals surface area contributed by atoms with Gasteiger partial charge in [-0.05, 0) is 32.9 Å². The lowest BCUT2D eigenvalue weighted by Gasteiger charge is -2.42. The molecule has 168 valence electrons. The number of cyclic esters (lactones) is 1. The van der Waals surface area contributed by atoms with Gasteiger partial charge in [0.15, 0.2) is 5.79 Å². The molecule has 0 aromatic heterocycles. The molecule has 0 spiro atoms. The number of aliphatic hydroxyl groups is 2. The monoisotopic (exact) mass is 450 g/mol. The Hall–Kier alpha value is -1.93. The Bertz CT molecular complexity index is 961. The first-order chi connectivity index (χ1) is 14.4. The number of fused-ring (bicyclic) bond motifs is 5. The maximum atomic E-state index is 13.3. The number of carbonyl (C=O) groups excluding carboxylic acids is 2. The molecule has 0 amide bonds. The predicted octanol–water partition coefficient (Wildman–Crippen LogP) is 2.72. The van der Waals surface area contributed by atoms with Gasteiger partial charge in [-0.1, -0.05) is 31.5 Å². The molecule has 0 radical (unpaired) electrons. The normalized spacial score (nSPS) is 41.5. The van der Waals surface area contributed by atoms with Crippen LogP contribution in [0.3, 0.4) is 0 Å². The Kier molecular flexibility index (Phi) is 5.25. The lowest BCUT2D eigenvalue weighted by Crippen LogP contribution is -2.56. The van der Waals surface area contributed by atoms with E-state index in [9.17, 15) is 19.8 Å². The zero-order chi connectivity index (χ0) is 22.9. The van der Waals surface area contributed by atoms with Crippen molar-refractivity contribution in [3.05, 3.63) is 46.4 Å². The van der Waals surface area contributed by atoms with Crippen molar-refractivity contribution in [2.75, 3.05) is 0 Å². The number of allylic oxidation sites excluding steroid dienone is 3. The molecule has 3 heterocycles. The van der Waals surface area contributed by atoms with E-state index in [1.54, 1.807) is 45.9 Å². The van der Waals surface area contributed by atoms with Gasteiger partial charge in [0, 0.05) is 28.9 Å². The first-order valence-corrected chi connectivity index (χ1v) is 10.8. The molecule has 2 fully saturated rings. The summed E-state index contributed by atoms with van der Waals surface area (Å²) in [6, 6.07) is 0. The minimum atomic E-state index is -1.87. The topological polar surface area (TPSA) is 102 Å². The fourth-order valence-electron chi connectivity index (χ4n) is 4.78. The third-order valence-electron chi connectivity index (χ3n) is 7.13. The molecule has 3 aliphatic heterocycles. The van der Waals surface area contributed by atoms with E-state index in [1.165, 1.54) is 6.26 Å². The molecule has 31 heavy (non-hydrogen) atoms. The van der Waals surface area contributed by atoms with E-state index < -0.39 is 53.1 Å². The van der Waals surface area contributed by atoms with Gasteiger partial charge >= 0.3 is 5.97 Å². The number of carbonyl (C=O) groups is 2. The maximum Gasteiger partial charge on any atom is 0.315 e. The van der Waals surface area contributed by atoms with Crippen LogP contribution >= 0.6 is 11.6 Å². The Morgan fingerprint density at radius 1 is 1.23 bits per heavy atom. The Balaban J connectivity index is 1.77. The summed E-state index contributed by atoms with van der Waals surface area (Å²) in [6.07, 6.45) is 5.46. The lowest BCUT2D eigenvalue weighted by molar-refractivity contribution is -0.286. The van der Waals surface area contributed by atoms with Gasteiger partial charge in [-0.25, -0.2) is 0 Å². The van der Waals surface area contributed by atoms with Crippen molar-refractivity contribution in [2.45, 2.75) is 58.2 Å². The van der Waals surface area contributed by atoms with Crippen LogP contribution in [0.5, 0.6) is 0 Å². The molecule has 0 aromatic rings. The number of hydrogen-bond donors (Lipinski definition) is 2. The van der Waals surface area contributed by atoms with Gasteiger partial charge in [-0.3, -0.25) is 9.59 Å². The first-order valence-electron chi connectivity index (χ1n) is 10.4. The second kappa shape index (κ2) is 7.30. The van der Waals surface area contributed by atoms with Crippen LogP contribution in [0.1, 0.15) is 34.6 Å². The zero-order valence-electron chi connectivity index (χ0n) is 18.1. The van der Waals surface area contributed by atoms with Crippen LogP contribution in [-0.4, -0.2) is 45.6 Å². The second-order valence-electron chi connectivity index (χ2n) is 9.10. The Morgan fingerprint density at radius 2 is 1.90 bits per heavy atom. The Morgan fingerprint density at radius 3 is 2.55 bits per heavy atom. The molecule has 7 nitrogen and oxygen atoms in total. The number of hydrogen-bond acceptors (Lipinski definition) is 7. The zero-order valence-corrected chi connectivity index (χ0v) is 18.8. The molecule has 0 unspecified atom stereocenters. The molecule has 1 aliphatic carbocycles. The van der Waals surface area contributed by atoms with Gasteiger partial charge in [0.25, 0.3) is 0 Å². The Labute approximate surface area is 186 Å². The second-order valence-corrected chi connectivity index (χ2v) is 9.48. The summed E-state index contributed by atoms with van der Waals surface area (Å²) in [5.41, 5.74) is -0.599. The number of aliphatic hydroxyl groups excluding tert-OH is 1. The van der Waals surface area contributed by atoms with E-state index in [4.69, 9.17) is 25.8 Å². The van der Waals surface area contributed by atoms with Crippen molar-refractivity contribution in [2.24, 2.45) is 23.7 Å². The van der Waals surface area contributed by atoms with Crippen molar-refractivity contribution in [1.29, 1.82) is 0 Å². The molecule has 8 heteroatoms. The standard InChI is InChI=1S/C23H27ClO7/c1-10(12(3)25)6-7-14-8-15-16(9-29-14)17-18-21(27)30-13(4)11(2)23(18,28)31-22(17,5)20(26)19(15)24/h6-13,17-18,25,28H,1-5H3/b7-6-/t10-,11-,12-,13-,17-,18+,22+,23-/m1/s1. The van der Waals surface area contributed by atoms with Gasteiger partial charge < -0.3 is 24.4 Å². The molecule has 4 aliphatic rings. The molecular weight excluding hydrogens is 424 g/mol. The number of ketones is 1. The van der Waals surface area contributed by atoms with Gasteiger partial charge in [0.05, 0.1) is 17.4 Å². The van der Waals surface area contributed by atoms with E-state index in [0.717, 1.165) is 0 Å². The highest BCUT2D eigenvalue weighted by Gasteiger charge is 2.72. The molecule has 8 atom stereocenters. The quantitative estimate of drug-likeness (QED) is 0.637. The van der Waals surface area contributed by atoms with Crippen LogP contribution in [0.25, 0.3) is 0 Å². The smallest absolute Gasteiger partial charge is 0.315 e. The van der Waals surface area contributed by atoms with Gasteiger partial charge in [-0.2, -0.15) is 0 Å². The van der Waals surface area contributed by atoms with Crippen molar-refractivity contribution < 1.29 is 34.0 Å². The minimum absolute atomic E-state index is 0.0425. The van der Waals surface area contributed by atoms with E-state index in [2.05, 4.69) is 0 Å². The fraction of sp³-hybridized carbons (Fsp3) is 0.565. The van der Waals surface area contributed by atoms with Crippen LogP contribution in [0, 0.1) is 23.7 Å². The van der Waals surface area contributed by atoms with E-state index in [0.29, 0.717) is 16.9 Å². The third-order valence-corrected chi connectivity index (χ3v) is 7.50. The molecule has 0 bridgehead atoms. The average Bonchev–Trinajstić information content (AvgIpc) is 2.98. The van der Waals surface area contributed by atoms with Crippen LogP contribution < -0.4 is 0 Å². The van der Waals surface area contributed by atoms with Gasteiger partial charge in [-0.15, -0.1) is 0 Å². The van der Waals surface area contributed by atoms with Crippen LogP contribution in [0.2, 0.25) is 0 Å². The fourth-order valence-corrected chi connectivity index (χ4v) is 5.14. The van der Waals surface area contributed by atoms with E-state index >= 15 is 0 Å². The van der Waals surface area contributed by atoms with Crippen molar-refractivity contribution in [3.8, 4) is 0 Å². The van der Waals surface area contributed by atoms with Gasteiger partial charge in [0.2, 0.25) is 5.78 Å². The molecule has 2 N–H and O–H groups in total. The molecule has 0 aromatic carbocycles. The van der Waals surface area contributed by atoms with Crippen molar-refractivity contribution in [1.82, 2.24) is 0 Å². The highest BCUT2D eigenvalue weighted by molar-refractivity contribution is 6.45. The average molecular weight is 451 g/mol. The van der Waals surface area contributed by atoms with Crippen molar-refractivity contribution >= 4 is 23.4 Å². The summed E-state index contributed by atoms with van der Waals surface area (Å²) >= 11 is 6.47. The molecule has 0 saturated carbocycles. The van der Waals surface area contributed by atoms with E-state index in [-0.39, 0.29) is 11.0 Å². The van der Waals surface area contributed by atoms with Crippen molar-refractivity contribution in [3.63, 3.8) is 0 Å². The summed E-state index contributed by atoms with van der Waals surface area (Å²) in [7, 11) is 0. The van der Waals surface area contributed by atoms with Crippen LogP contribution in [-0.2, 0) is 23.8 Å². The number of rotatable bonds is 3. The number of ether oxygens (including phenoxy) is 3.